The van der Waals surface area contributed by atoms with Gasteiger partial charge in [-0.25, -0.2) is 0 Å². The second-order valence-corrected chi connectivity index (χ2v) is 7.87. The van der Waals surface area contributed by atoms with Crippen molar-refractivity contribution in [3.8, 4) is 22.6 Å². The Hall–Kier alpha value is -3.66. The average molecular weight is 619 g/mol. The van der Waals surface area contributed by atoms with Crippen LogP contribution in [0.25, 0.3) is 44.3 Å². The third kappa shape index (κ3) is 4.96. The number of aromatic nitrogens is 4. The topological polar surface area (TPSA) is 52.8 Å². The number of rotatable bonds is 2. The van der Waals surface area contributed by atoms with Crippen LogP contribution >= 0.6 is 0 Å². The molecule has 0 saturated heterocycles. The van der Waals surface area contributed by atoms with E-state index < -0.39 is 0 Å². The van der Waals surface area contributed by atoms with Crippen molar-refractivity contribution in [2.75, 3.05) is 0 Å². The van der Waals surface area contributed by atoms with Crippen LogP contribution in [-0.4, -0.2) is 15.1 Å². The van der Waals surface area contributed by atoms with Crippen molar-refractivity contribution in [3.05, 3.63) is 115 Å². The van der Waals surface area contributed by atoms with Gasteiger partial charge in [-0.2, -0.15) is 0 Å². The summed E-state index contributed by atoms with van der Waals surface area (Å²) in [6, 6.07) is 33.9. The fourth-order valence-corrected chi connectivity index (χ4v) is 3.88. The number of benzene rings is 3. The van der Waals surface area contributed by atoms with Gasteiger partial charge >= 0.3 is 0 Å². The molecule has 0 amide bonds. The van der Waals surface area contributed by atoms with Crippen LogP contribution in [0.15, 0.2) is 97.2 Å². The molecule has 0 aliphatic carbocycles. The van der Waals surface area contributed by atoms with Crippen LogP contribution in [0.1, 0.15) is 11.3 Å². The molecule has 0 fully saturated rings. The number of fused-ring (bicyclic) bond motifs is 2. The molecule has 0 N–H and O–H groups in total. The Bertz CT molecular complexity index is 1540. The standard InChI is InChI=1S/C20H14N.C9H8N3.Ir/c1-14-13-20(21-19-12-5-4-9-16(14)19)18-11-6-8-15-7-2-3-10-17(15)18;1-7-6-9(12-11-7)8-4-2-3-5-10-8;/h2-10,12-13H,1H3;2-6H,1H3;/q2*-1;. The average Bonchev–Trinajstić information content (AvgIpc) is 3.31. The van der Waals surface area contributed by atoms with Crippen molar-refractivity contribution in [2.45, 2.75) is 13.8 Å². The van der Waals surface area contributed by atoms with Gasteiger partial charge in [0.1, 0.15) is 0 Å². The van der Waals surface area contributed by atoms with Crippen LogP contribution in [0.3, 0.4) is 0 Å². The maximum absolute atomic E-state index is 4.83. The molecule has 0 atom stereocenters. The number of pyridine rings is 2. The maximum Gasteiger partial charge on any atom is 0.0597 e. The van der Waals surface area contributed by atoms with Crippen molar-refractivity contribution >= 4 is 21.7 Å². The number of hydrogen-bond acceptors (Lipinski definition) is 3. The molecule has 3 aromatic heterocycles. The van der Waals surface area contributed by atoms with Gasteiger partial charge < -0.3 is 10.2 Å². The van der Waals surface area contributed by atoms with E-state index >= 15 is 0 Å². The Morgan fingerprint density at radius 2 is 1.53 bits per heavy atom. The minimum Gasteiger partial charge on any atom is -0.574 e. The first-order chi connectivity index (χ1) is 16.2. The quantitative estimate of drug-likeness (QED) is 0.206. The normalized spacial score (nSPS) is 10.4. The summed E-state index contributed by atoms with van der Waals surface area (Å²) >= 11 is 0. The van der Waals surface area contributed by atoms with Crippen molar-refractivity contribution in [3.63, 3.8) is 0 Å². The van der Waals surface area contributed by atoms with Crippen LogP contribution in [0, 0.1) is 19.9 Å². The minimum atomic E-state index is 0. The molecule has 34 heavy (non-hydrogen) atoms. The van der Waals surface area contributed by atoms with Crippen molar-refractivity contribution < 1.29 is 20.1 Å². The minimum absolute atomic E-state index is 0. The Morgan fingerprint density at radius 3 is 2.29 bits per heavy atom. The number of nitrogens with zero attached hydrogens (tertiary/aromatic N) is 4. The van der Waals surface area contributed by atoms with E-state index in [0.717, 1.165) is 33.9 Å². The first-order valence-corrected chi connectivity index (χ1v) is 10.8. The summed E-state index contributed by atoms with van der Waals surface area (Å²) in [5.74, 6) is 0. The van der Waals surface area contributed by atoms with Gasteiger partial charge in [0.25, 0.3) is 0 Å². The molecular formula is C29H22IrN4-2. The van der Waals surface area contributed by atoms with Crippen LogP contribution in [-0.2, 0) is 20.1 Å². The zero-order valence-electron chi connectivity index (χ0n) is 18.9. The molecule has 0 aliphatic rings. The maximum atomic E-state index is 4.83. The summed E-state index contributed by atoms with van der Waals surface area (Å²) < 4.78 is 0. The molecule has 3 heterocycles. The number of aryl methyl sites for hydroxylation is 2. The molecule has 0 bridgehead atoms. The molecule has 0 unspecified atom stereocenters. The summed E-state index contributed by atoms with van der Waals surface area (Å²) in [6.45, 7) is 4.05. The van der Waals surface area contributed by atoms with Crippen LogP contribution in [0.5, 0.6) is 0 Å². The van der Waals surface area contributed by atoms with Crippen LogP contribution in [0.4, 0.5) is 0 Å². The predicted molar refractivity (Wildman–Crippen MR) is 134 cm³/mol. The van der Waals surface area contributed by atoms with Gasteiger partial charge in [0, 0.05) is 43.1 Å². The van der Waals surface area contributed by atoms with E-state index in [1.54, 1.807) is 6.20 Å². The Labute approximate surface area is 212 Å². The molecule has 6 aromatic rings. The molecule has 169 valence electrons. The molecular weight excluding hydrogens is 597 g/mol. The van der Waals surface area contributed by atoms with E-state index in [4.69, 9.17) is 4.98 Å². The second kappa shape index (κ2) is 10.5. The first kappa shape index (κ1) is 23.5. The summed E-state index contributed by atoms with van der Waals surface area (Å²) in [6.07, 6.45) is 1.75. The van der Waals surface area contributed by atoms with Gasteiger partial charge in [-0.3, -0.25) is 9.97 Å². The molecule has 0 saturated carbocycles. The van der Waals surface area contributed by atoms with Crippen molar-refractivity contribution in [1.82, 2.24) is 20.2 Å². The van der Waals surface area contributed by atoms with E-state index in [-0.39, 0.29) is 20.1 Å². The third-order valence-corrected chi connectivity index (χ3v) is 5.49. The van der Waals surface area contributed by atoms with Gasteiger partial charge in [-0.05, 0) is 43.3 Å². The molecule has 1 radical (unpaired) electrons. The summed E-state index contributed by atoms with van der Waals surface area (Å²) in [4.78, 5) is 8.98. The monoisotopic (exact) mass is 619 g/mol. The third-order valence-electron chi connectivity index (χ3n) is 5.49. The van der Waals surface area contributed by atoms with Crippen LogP contribution in [0.2, 0.25) is 0 Å². The van der Waals surface area contributed by atoms with Gasteiger partial charge in [0.15, 0.2) is 0 Å². The smallest absolute Gasteiger partial charge is 0.0597 e. The van der Waals surface area contributed by atoms with Gasteiger partial charge in [0.2, 0.25) is 0 Å². The van der Waals surface area contributed by atoms with Gasteiger partial charge in [-0.1, -0.05) is 71.7 Å². The van der Waals surface area contributed by atoms with E-state index in [1.165, 1.54) is 21.7 Å². The van der Waals surface area contributed by atoms with Crippen molar-refractivity contribution in [2.24, 2.45) is 0 Å². The van der Waals surface area contributed by atoms with Crippen LogP contribution < -0.4 is 5.10 Å². The fourth-order valence-electron chi connectivity index (χ4n) is 3.88. The molecule has 5 heteroatoms. The number of hydrogen-bond donors (Lipinski definition) is 0. The zero-order valence-corrected chi connectivity index (χ0v) is 21.3. The molecule has 4 nitrogen and oxygen atoms in total. The molecule has 0 spiro atoms. The largest absolute Gasteiger partial charge is 0.574 e. The van der Waals surface area contributed by atoms with E-state index in [2.05, 4.69) is 82.8 Å². The first-order valence-electron chi connectivity index (χ1n) is 10.8. The zero-order chi connectivity index (χ0) is 22.6. The number of para-hydroxylation sites is 1. The van der Waals surface area contributed by atoms with Crippen molar-refractivity contribution in [1.29, 1.82) is 0 Å². The Balaban J connectivity index is 0.000000180. The van der Waals surface area contributed by atoms with E-state index in [0.29, 0.717) is 0 Å². The molecule has 3 aromatic carbocycles. The van der Waals surface area contributed by atoms with E-state index in [9.17, 15) is 0 Å². The fraction of sp³-hybridized carbons (Fsp3) is 0.0690. The SMILES string of the molecule is Cc1cc(-c2[c-]ccc3ccccc23)nc2ccccc12.Cc1cc(-c2ccccn2)[n-]n1.[Ir]. The Morgan fingerprint density at radius 1 is 0.765 bits per heavy atom. The van der Waals surface area contributed by atoms with Gasteiger partial charge in [0.05, 0.1) is 5.52 Å². The molecule has 0 aliphatic heterocycles. The van der Waals surface area contributed by atoms with E-state index in [1.807, 2.05) is 43.3 Å². The molecule has 6 rings (SSSR count). The summed E-state index contributed by atoms with van der Waals surface area (Å²) in [7, 11) is 0. The summed E-state index contributed by atoms with van der Waals surface area (Å²) in [5, 5.41) is 11.5. The predicted octanol–water partition coefficient (Wildman–Crippen LogP) is 6.57. The second-order valence-electron chi connectivity index (χ2n) is 7.87. The summed E-state index contributed by atoms with van der Waals surface area (Å²) in [5.41, 5.74) is 6.98. The van der Waals surface area contributed by atoms with Gasteiger partial charge in [-0.15, -0.1) is 29.1 Å². The Kier molecular flexibility index (Phi) is 7.27.